The highest BCUT2D eigenvalue weighted by atomic mass is 16.5. The number of cyclic esters (lactones) is 1. The highest BCUT2D eigenvalue weighted by Gasteiger charge is 2.38. The van der Waals surface area contributed by atoms with Gasteiger partial charge in [0.1, 0.15) is 0 Å². The topological polar surface area (TPSA) is 59.5 Å². The van der Waals surface area contributed by atoms with Gasteiger partial charge in [0.2, 0.25) is 0 Å². The second-order valence-electron chi connectivity index (χ2n) is 6.23. The van der Waals surface area contributed by atoms with E-state index >= 15 is 0 Å². The number of nitrogens with zero attached hydrogens (tertiary/aromatic N) is 2. The highest BCUT2D eigenvalue weighted by Crippen LogP contribution is 2.33. The molecule has 1 fully saturated rings. The SMILES string of the molecule is O=C1O[C@@H](C(=O)N2CCC[C@H]2c2ccncc2)Cc2ccccc21. The van der Waals surface area contributed by atoms with Gasteiger partial charge >= 0.3 is 5.97 Å². The third-order valence-corrected chi connectivity index (χ3v) is 4.79. The van der Waals surface area contributed by atoms with Gasteiger partial charge in [0.25, 0.3) is 5.91 Å². The molecule has 122 valence electrons. The zero-order valence-electron chi connectivity index (χ0n) is 13.2. The molecule has 0 radical (unpaired) electrons. The summed E-state index contributed by atoms with van der Waals surface area (Å²) in [4.78, 5) is 31.0. The number of hydrogen-bond acceptors (Lipinski definition) is 4. The van der Waals surface area contributed by atoms with Crippen molar-refractivity contribution >= 4 is 11.9 Å². The number of benzene rings is 1. The van der Waals surface area contributed by atoms with Crippen molar-refractivity contribution < 1.29 is 14.3 Å². The number of esters is 1. The summed E-state index contributed by atoms with van der Waals surface area (Å²) >= 11 is 0. The number of rotatable bonds is 2. The second kappa shape index (κ2) is 6.07. The van der Waals surface area contributed by atoms with Crippen LogP contribution in [0.4, 0.5) is 0 Å². The lowest BCUT2D eigenvalue weighted by atomic mass is 9.97. The van der Waals surface area contributed by atoms with Gasteiger partial charge in [-0.2, -0.15) is 0 Å². The van der Waals surface area contributed by atoms with Gasteiger partial charge in [-0.15, -0.1) is 0 Å². The van der Waals surface area contributed by atoms with E-state index in [0.29, 0.717) is 18.5 Å². The zero-order valence-corrected chi connectivity index (χ0v) is 13.2. The Morgan fingerprint density at radius 1 is 1.17 bits per heavy atom. The van der Waals surface area contributed by atoms with Crippen molar-refractivity contribution in [1.29, 1.82) is 0 Å². The molecule has 4 rings (SSSR count). The molecule has 24 heavy (non-hydrogen) atoms. The van der Waals surface area contributed by atoms with Crippen molar-refractivity contribution in [2.75, 3.05) is 6.54 Å². The van der Waals surface area contributed by atoms with E-state index in [2.05, 4.69) is 4.98 Å². The van der Waals surface area contributed by atoms with Crippen LogP contribution in [0.25, 0.3) is 0 Å². The van der Waals surface area contributed by atoms with Gasteiger partial charge in [0.05, 0.1) is 11.6 Å². The van der Waals surface area contributed by atoms with Crippen LogP contribution in [0.2, 0.25) is 0 Å². The van der Waals surface area contributed by atoms with Crippen molar-refractivity contribution in [3.8, 4) is 0 Å². The van der Waals surface area contributed by atoms with Crippen LogP contribution in [0.1, 0.15) is 40.4 Å². The fourth-order valence-electron chi connectivity index (χ4n) is 3.62. The first-order valence-corrected chi connectivity index (χ1v) is 8.23. The molecule has 1 amide bonds. The van der Waals surface area contributed by atoms with E-state index in [4.69, 9.17) is 4.74 Å². The van der Waals surface area contributed by atoms with Crippen molar-refractivity contribution in [2.24, 2.45) is 0 Å². The van der Waals surface area contributed by atoms with Crippen LogP contribution in [0.5, 0.6) is 0 Å². The smallest absolute Gasteiger partial charge is 0.339 e. The van der Waals surface area contributed by atoms with Gasteiger partial charge < -0.3 is 9.64 Å². The summed E-state index contributed by atoms with van der Waals surface area (Å²) in [6, 6.07) is 11.2. The Hall–Kier alpha value is -2.69. The maximum Gasteiger partial charge on any atom is 0.339 e. The number of carbonyl (C=O) groups is 2. The van der Waals surface area contributed by atoms with E-state index in [-0.39, 0.29) is 11.9 Å². The Morgan fingerprint density at radius 3 is 2.79 bits per heavy atom. The summed E-state index contributed by atoms with van der Waals surface area (Å²) in [6.45, 7) is 0.696. The van der Waals surface area contributed by atoms with E-state index in [0.717, 1.165) is 24.0 Å². The van der Waals surface area contributed by atoms with Gasteiger partial charge in [0.15, 0.2) is 6.10 Å². The number of hydrogen-bond donors (Lipinski definition) is 0. The van der Waals surface area contributed by atoms with Crippen LogP contribution in [0.15, 0.2) is 48.8 Å². The molecule has 0 bridgehead atoms. The third kappa shape index (κ3) is 2.56. The van der Waals surface area contributed by atoms with E-state index in [1.807, 2.05) is 35.2 Å². The molecule has 2 aliphatic heterocycles. The molecular formula is C19H18N2O3. The average Bonchev–Trinajstić information content (AvgIpc) is 3.11. The number of fused-ring (bicyclic) bond motifs is 1. The lowest BCUT2D eigenvalue weighted by molar-refractivity contribution is -0.142. The summed E-state index contributed by atoms with van der Waals surface area (Å²) in [7, 11) is 0. The molecule has 1 aromatic carbocycles. The van der Waals surface area contributed by atoms with Gasteiger partial charge in [-0.05, 0) is 42.2 Å². The Morgan fingerprint density at radius 2 is 1.96 bits per heavy atom. The molecule has 1 aromatic heterocycles. The van der Waals surface area contributed by atoms with E-state index in [1.165, 1.54) is 0 Å². The summed E-state index contributed by atoms with van der Waals surface area (Å²) < 4.78 is 5.43. The number of likely N-dealkylation sites (tertiary alicyclic amines) is 1. The Bertz CT molecular complexity index is 775. The number of carbonyl (C=O) groups excluding carboxylic acids is 2. The first-order chi connectivity index (χ1) is 11.7. The summed E-state index contributed by atoms with van der Waals surface area (Å²) in [5, 5.41) is 0. The normalized spacial score (nSPS) is 22.8. The predicted octanol–water partition coefficient (Wildman–Crippen LogP) is 2.53. The number of aromatic nitrogens is 1. The average molecular weight is 322 g/mol. The van der Waals surface area contributed by atoms with E-state index in [1.54, 1.807) is 18.5 Å². The molecule has 5 nitrogen and oxygen atoms in total. The molecule has 3 heterocycles. The Labute approximate surface area is 140 Å². The summed E-state index contributed by atoms with van der Waals surface area (Å²) in [5.41, 5.74) is 2.53. The molecule has 5 heteroatoms. The minimum atomic E-state index is -0.727. The molecule has 0 saturated carbocycles. The van der Waals surface area contributed by atoms with Crippen molar-refractivity contribution in [3.05, 3.63) is 65.5 Å². The molecule has 2 aromatic rings. The van der Waals surface area contributed by atoms with Gasteiger partial charge in [0, 0.05) is 25.4 Å². The van der Waals surface area contributed by atoms with Crippen molar-refractivity contribution in [1.82, 2.24) is 9.88 Å². The summed E-state index contributed by atoms with van der Waals surface area (Å²) in [5.74, 6) is -0.507. The molecule has 0 unspecified atom stereocenters. The van der Waals surface area contributed by atoms with Crippen LogP contribution in [-0.2, 0) is 16.0 Å². The van der Waals surface area contributed by atoms with Gasteiger partial charge in [-0.1, -0.05) is 18.2 Å². The first kappa shape index (κ1) is 14.9. The van der Waals surface area contributed by atoms with Crippen LogP contribution in [-0.4, -0.2) is 34.4 Å². The maximum absolute atomic E-state index is 13.0. The molecule has 0 N–H and O–H groups in total. The number of ether oxygens (including phenoxy) is 1. The summed E-state index contributed by atoms with van der Waals surface area (Å²) in [6.07, 6.45) is 5.08. The minimum Gasteiger partial charge on any atom is -0.448 e. The molecule has 2 atom stereocenters. The zero-order chi connectivity index (χ0) is 16.5. The number of pyridine rings is 1. The molecular weight excluding hydrogens is 304 g/mol. The van der Waals surface area contributed by atoms with Gasteiger partial charge in [-0.25, -0.2) is 4.79 Å². The molecule has 0 spiro atoms. The fourth-order valence-corrected chi connectivity index (χ4v) is 3.62. The van der Waals surface area contributed by atoms with Crippen LogP contribution >= 0.6 is 0 Å². The quantitative estimate of drug-likeness (QED) is 0.797. The predicted molar refractivity (Wildman–Crippen MR) is 87.3 cm³/mol. The molecule has 2 aliphatic rings. The number of amides is 1. The molecule has 0 aliphatic carbocycles. The molecule has 1 saturated heterocycles. The van der Waals surface area contributed by atoms with Crippen LogP contribution in [0, 0.1) is 0 Å². The highest BCUT2D eigenvalue weighted by molar-refractivity contribution is 5.95. The maximum atomic E-state index is 13.0. The van der Waals surface area contributed by atoms with Crippen molar-refractivity contribution in [2.45, 2.75) is 31.4 Å². The lowest BCUT2D eigenvalue weighted by Gasteiger charge is -2.31. The van der Waals surface area contributed by atoms with Crippen LogP contribution < -0.4 is 0 Å². The Kier molecular flexibility index (Phi) is 3.76. The van der Waals surface area contributed by atoms with E-state index in [9.17, 15) is 9.59 Å². The van der Waals surface area contributed by atoms with Gasteiger partial charge in [-0.3, -0.25) is 9.78 Å². The van der Waals surface area contributed by atoms with Crippen LogP contribution in [0.3, 0.4) is 0 Å². The largest absolute Gasteiger partial charge is 0.448 e. The second-order valence-corrected chi connectivity index (χ2v) is 6.23. The van der Waals surface area contributed by atoms with Crippen molar-refractivity contribution in [3.63, 3.8) is 0 Å². The first-order valence-electron chi connectivity index (χ1n) is 8.23. The van der Waals surface area contributed by atoms with E-state index < -0.39 is 12.1 Å². The third-order valence-electron chi connectivity index (χ3n) is 4.79. The Balaban J connectivity index is 1.57. The lowest BCUT2D eigenvalue weighted by Crippen LogP contribution is -2.44. The standard InChI is InChI=1S/C19H18N2O3/c22-18(17-12-14-4-1-2-5-15(14)19(23)24-17)21-11-3-6-16(21)13-7-9-20-10-8-13/h1-2,4-5,7-10,16-17H,3,6,11-12H2/t16-,17+/m0/s1. The minimum absolute atomic E-state index is 0.0383. The monoisotopic (exact) mass is 322 g/mol. The fraction of sp³-hybridized carbons (Fsp3) is 0.316.